The molecule has 5 rings (SSSR count). The number of hydrogen-bond acceptors (Lipinski definition) is 11. The molecule has 3 heterocycles. The highest BCUT2D eigenvalue weighted by Crippen LogP contribution is 2.54. The molecule has 1 aromatic heterocycles. The van der Waals surface area contributed by atoms with E-state index in [1.165, 1.54) is 7.11 Å². The van der Waals surface area contributed by atoms with Crippen LogP contribution in [0.3, 0.4) is 0 Å². The van der Waals surface area contributed by atoms with E-state index in [0.29, 0.717) is 23.1 Å². The summed E-state index contributed by atoms with van der Waals surface area (Å²) in [5, 5.41) is 44.4. The Morgan fingerprint density at radius 2 is 1.90 bits per heavy atom. The maximum absolute atomic E-state index is 12.9. The van der Waals surface area contributed by atoms with Crippen molar-refractivity contribution in [3.63, 3.8) is 0 Å². The minimum Gasteiger partial charge on any atom is -0.490 e. The van der Waals surface area contributed by atoms with Gasteiger partial charge in [-0.2, -0.15) is 0 Å². The number of carbonyl (C=O) groups is 2. The van der Waals surface area contributed by atoms with Gasteiger partial charge in [-0.3, -0.25) is 9.59 Å². The van der Waals surface area contributed by atoms with Gasteiger partial charge in [0.05, 0.1) is 32.0 Å². The number of aliphatic hydroxyl groups is 4. The monoisotopic (exact) mass is 563 g/mol. The number of furan rings is 1. The second kappa shape index (κ2) is 11.5. The number of methoxy groups -OCH3 is 1. The SMILES string of the molecule is CCOC(=O)CCc1cc2c([C@H]3CNC(=O)C34CCCC4)coc2c(OC)c1O[C@@H]1O[C@H](CO)[C@@H](O)[C@H](O)[C@H]1O. The quantitative estimate of drug-likeness (QED) is 0.274. The molecule has 0 radical (unpaired) electrons. The van der Waals surface area contributed by atoms with E-state index in [1.54, 1.807) is 13.2 Å². The lowest BCUT2D eigenvalue weighted by Crippen LogP contribution is -2.60. The standard InChI is InChI=1S/C28H37NO11/c1-3-37-19(31)7-6-14-10-15-16(17-11-29-27(35)28(17)8-4-5-9-28)13-38-24(15)25(36-2)23(14)40-26-22(34)21(33)20(32)18(12-30)39-26/h10,13,17-18,20-22,26,30,32-34H,3-9,11-12H2,1-2H3,(H,29,35)/t17-,18-,20-,21+,22-,26+/m1/s1. The fourth-order valence-corrected chi connectivity index (χ4v) is 6.43. The molecule has 2 saturated heterocycles. The van der Waals surface area contributed by atoms with Gasteiger partial charge in [-0.15, -0.1) is 0 Å². The zero-order chi connectivity index (χ0) is 28.6. The third-order valence-electron chi connectivity index (χ3n) is 8.53. The molecule has 1 saturated carbocycles. The molecule has 40 heavy (non-hydrogen) atoms. The molecule has 1 spiro atoms. The summed E-state index contributed by atoms with van der Waals surface area (Å²) in [4.78, 5) is 25.2. The molecule has 6 atom stereocenters. The number of esters is 1. The molecule has 1 aromatic carbocycles. The van der Waals surface area contributed by atoms with Crippen LogP contribution in [0, 0.1) is 5.41 Å². The Kier molecular flexibility index (Phi) is 8.25. The van der Waals surface area contributed by atoms with Gasteiger partial charge in [-0.25, -0.2) is 0 Å². The van der Waals surface area contributed by atoms with Gasteiger partial charge >= 0.3 is 5.97 Å². The first-order chi connectivity index (χ1) is 19.2. The van der Waals surface area contributed by atoms with Crippen LogP contribution in [0.25, 0.3) is 11.0 Å². The van der Waals surface area contributed by atoms with Gasteiger partial charge in [0.2, 0.25) is 17.9 Å². The predicted molar refractivity (Wildman–Crippen MR) is 139 cm³/mol. The summed E-state index contributed by atoms with van der Waals surface area (Å²) in [5.41, 5.74) is 1.23. The van der Waals surface area contributed by atoms with E-state index < -0.39 is 48.7 Å². The second-order valence-corrected chi connectivity index (χ2v) is 10.7. The zero-order valence-corrected chi connectivity index (χ0v) is 22.6. The van der Waals surface area contributed by atoms with Gasteiger partial charge in [0.25, 0.3) is 0 Å². The minimum absolute atomic E-state index is 0.0220. The molecule has 1 aliphatic carbocycles. The summed E-state index contributed by atoms with van der Waals surface area (Å²) >= 11 is 0. The summed E-state index contributed by atoms with van der Waals surface area (Å²) in [5.74, 6) is -0.175. The lowest BCUT2D eigenvalue weighted by Gasteiger charge is -2.39. The van der Waals surface area contributed by atoms with Crippen molar-refractivity contribution in [2.24, 2.45) is 5.41 Å². The van der Waals surface area contributed by atoms with Crippen molar-refractivity contribution >= 4 is 22.8 Å². The first kappa shape index (κ1) is 28.6. The van der Waals surface area contributed by atoms with Crippen LogP contribution >= 0.6 is 0 Å². The molecule has 3 fully saturated rings. The molecule has 2 aromatic rings. The summed E-state index contributed by atoms with van der Waals surface area (Å²) < 4.78 is 28.5. The average molecular weight is 564 g/mol. The Hall–Kier alpha value is -2.90. The lowest BCUT2D eigenvalue weighted by molar-refractivity contribution is -0.277. The van der Waals surface area contributed by atoms with Crippen LogP contribution in [-0.2, 0) is 25.5 Å². The van der Waals surface area contributed by atoms with Crippen LogP contribution < -0.4 is 14.8 Å². The van der Waals surface area contributed by atoms with Gasteiger partial charge in [0.1, 0.15) is 24.4 Å². The van der Waals surface area contributed by atoms with E-state index in [9.17, 15) is 30.0 Å². The fourth-order valence-electron chi connectivity index (χ4n) is 6.43. The van der Waals surface area contributed by atoms with Crippen molar-refractivity contribution in [3.8, 4) is 11.5 Å². The fraction of sp³-hybridized carbons (Fsp3) is 0.643. The molecule has 12 heteroatoms. The van der Waals surface area contributed by atoms with Crippen LogP contribution in [0.5, 0.6) is 11.5 Å². The number of benzene rings is 1. The molecule has 0 bridgehead atoms. The van der Waals surface area contributed by atoms with Crippen LogP contribution in [-0.4, -0.2) is 89.9 Å². The number of carbonyl (C=O) groups excluding carboxylic acids is 2. The van der Waals surface area contributed by atoms with Gasteiger partial charge in [-0.05, 0) is 37.8 Å². The Morgan fingerprint density at radius 3 is 2.58 bits per heavy atom. The normalized spacial score (nSPS) is 29.6. The van der Waals surface area contributed by atoms with Crippen LogP contribution in [0.1, 0.15) is 56.1 Å². The molecule has 1 amide bonds. The van der Waals surface area contributed by atoms with Crippen molar-refractivity contribution < 1.29 is 53.4 Å². The summed E-state index contributed by atoms with van der Waals surface area (Å²) in [6.45, 7) is 1.81. The van der Waals surface area contributed by atoms with E-state index >= 15 is 0 Å². The Labute approximate surface area is 231 Å². The number of aryl methyl sites for hydroxylation is 1. The smallest absolute Gasteiger partial charge is 0.306 e. The number of nitrogens with one attached hydrogen (secondary N) is 1. The maximum Gasteiger partial charge on any atom is 0.306 e. The molecular formula is C28H37NO11. The summed E-state index contributed by atoms with van der Waals surface area (Å²) in [6.07, 6.45) is -2.12. The number of amides is 1. The number of aliphatic hydroxyl groups excluding tert-OH is 4. The molecule has 0 unspecified atom stereocenters. The molecule has 3 aliphatic rings. The molecule has 220 valence electrons. The van der Waals surface area contributed by atoms with Crippen molar-refractivity contribution in [3.05, 3.63) is 23.5 Å². The van der Waals surface area contributed by atoms with Gasteiger partial charge in [-0.1, -0.05) is 12.8 Å². The van der Waals surface area contributed by atoms with Crippen LogP contribution in [0.4, 0.5) is 0 Å². The van der Waals surface area contributed by atoms with Crippen molar-refractivity contribution in [2.45, 2.75) is 82.1 Å². The lowest BCUT2D eigenvalue weighted by atomic mass is 9.72. The third-order valence-corrected chi connectivity index (χ3v) is 8.53. The Bertz CT molecular complexity index is 1230. The van der Waals surface area contributed by atoms with E-state index in [4.69, 9.17) is 23.4 Å². The third kappa shape index (κ3) is 4.81. The number of rotatable bonds is 9. The van der Waals surface area contributed by atoms with E-state index in [-0.39, 0.29) is 42.8 Å². The van der Waals surface area contributed by atoms with Crippen LogP contribution in [0.15, 0.2) is 16.7 Å². The van der Waals surface area contributed by atoms with Crippen molar-refractivity contribution in [1.82, 2.24) is 5.32 Å². The number of ether oxygens (including phenoxy) is 4. The highest BCUT2D eigenvalue weighted by Gasteiger charge is 2.53. The van der Waals surface area contributed by atoms with Gasteiger partial charge < -0.3 is 49.1 Å². The zero-order valence-electron chi connectivity index (χ0n) is 22.6. The first-order valence-corrected chi connectivity index (χ1v) is 13.8. The summed E-state index contributed by atoms with van der Waals surface area (Å²) in [6, 6.07) is 1.82. The molecule has 2 aliphatic heterocycles. The maximum atomic E-state index is 12.9. The van der Waals surface area contributed by atoms with Crippen molar-refractivity contribution in [2.75, 3.05) is 26.9 Å². The highest BCUT2D eigenvalue weighted by molar-refractivity contribution is 5.93. The molecular weight excluding hydrogens is 526 g/mol. The van der Waals surface area contributed by atoms with E-state index in [0.717, 1.165) is 31.2 Å². The van der Waals surface area contributed by atoms with Crippen LogP contribution in [0.2, 0.25) is 0 Å². The van der Waals surface area contributed by atoms with E-state index in [2.05, 4.69) is 5.32 Å². The minimum atomic E-state index is -1.65. The van der Waals surface area contributed by atoms with E-state index in [1.807, 2.05) is 6.07 Å². The summed E-state index contributed by atoms with van der Waals surface area (Å²) in [7, 11) is 1.42. The number of hydrogen-bond donors (Lipinski definition) is 5. The largest absolute Gasteiger partial charge is 0.490 e. The average Bonchev–Trinajstić information content (AvgIpc) is 3.68. The second-order valence-electron chi connectivity index (χ2n) is 10.7. The predicted octanol–water partition coefficient (Wildman–Crippen LogP) is 0.890. The topological polar surface area (TPSA) is 177 Å². The number of fused-ring (bicyclic) bond motifs is 1. The Morgan fingerprint density at radius 1 is 1.15 bits per heavy atom. The molecule has 5 N–H and O–H groups in total. The first-order valence-electron chi connectivity index (χ1n) is 13.8. The van der Waals surface area contributed by atoms with Gasteiger partial charge in [0.15, 0.2) is 11.3 Å². The Balaban J connectivity index is 1.58. The van der Waals surface area contributed by atoms with Crippen molar-refractivity contribution in [1.29, 1.82) is 0 Å². The molecule has 12 nitrogen and oxygen atoms in total. The van der Waals surface area contributed by atoms with Gasteiger partial charge in [0, 0.05) is 29.8 Å². The highest BCUT2D eigenvalue weighted by atomic mass is 16.7.